The number of halogens is 2. The van der Waals surface area contributed by atoms with Crippen LogP contribution in [0.4, 0.5) is 0 Å². The van der Waals surface area contributed by atoms with Crippen LogP contribution in [0.3, 0.4) is 0 Å². The van der Waals surface area contributed by atoms with E-state index in [9.17, 15) is 4.79 Å². The molecule has 51 heavy (non-hydrogen) atoms. The van der Waals surface area contributed by atoms with E-state index in [4.69, 9.17) is 42.6 Å². The first kappa shape index (κ1) is 33.2. The number of fused-ring (bicyclic) bond motifs is 2. The summed E-state index contributed by atoms with van der Waals surface area (Å²) in [5.41, 5.74) is 10.2. The van der Waals surface area contributed by atoms with Crippen molar-refractivity contribution in [2.75, 3.05) is 53.5 Å². The van der Waals surface area contributed by atoms with Crippen molar-refractivity contribution in [2.45, 2.75) is 51.6 Å². The van der Waals surface area contributed by atoms with Gasteiger partial charge in [0.05, 0.1) is 35.7 Å². The highest BCUT2D eigenvalue weighted by Crippen LogP contribution is 2.51. The Morgan fingerprint density at radius 1 is 0.745 bits per heavy atom. The lowest BCUT2D eigenvalue weighted by molar-refractivity contribution is -0.161. The molecule has 2 atom stereocenters. The molecule has 5 aliphatic rings. The highest BCUT2D eigenvalue weighted by atomic mass is 35.5. The van der Waals surface area contributed by atoms with Crippen molar-refractivity contribution in [3.05, 3.63) is 80.8 Å². The van der Waals surface area contributed by atoms with Gasteiger partial charge in [-0.05, 0) is 54.9 Å². The minimum Gasteiger partial charge on any atom is -0.481 e. The second-order valence-electron chi connectivity index (χ2n) is 15.5. The SMILES string of the molecule is COc1nc(-c2cccc(-c3cccc(-c4cc5c(c(OC)n4)C(N4CC6(CN(C(C)=O)C6)C4)CC5)c3Cl)c2Cl)cc2c1C(N1CC(C)C1)CC2. The van der Waals surface area contributed by atoms with E-state index in [2.05, 4.69) is 28.9 Å². The molecule has 2 aromatic carbocycles. The number of nitrogens with zero attached hydrogens (tertiary/aromatic N) is 5. The van der Waals surface area contributed by atoms with Crippen LogP contribution in [-0.2, 0) is 17.6 Å². The number of pyridine rings is 2. The van der Waals surface area contributed by atoms with Crippen LogP contribution < -0.4 is 9.47 Å². The lowest BCUT2D eigenvalue weighted by Gasteiger charge is -2.61. The molecule has 9 rings (SSSR count). The summed E-state index contributed by atoms with van der Waals surface area (Å²) in [5, 5.41) is 1.20. The monoisotopic (exact) mass is 723 g/mol. The maximum absolute atomic E-state index is 11.8. The standard InChI is InChI=1S/C41H43Cl2N5O3/c1-23-17-46(18-23)33-13-11-25-15-31(44-39(50-3)35(25)33)29-9-5-7-27(37(29)42)28-8-6-10-30(38(28)43)32-16-26-12-14-34(36(26)40(45-32)51-4)48-21-41(22-48)19-47(20-41)24(2)49/h5-10,15-16,23,33-34H,11-14,17-22H2,1-4H3. The molecule has 0 radical (unpaired) electrons. The van der Waals surface area contributed by atoms with Crippen molar-refractivity contribution in [2.24, 2.45) is 11.3 Å². The van der Waals surface area contributed by atoms with Crippen molar-refractivity contribution in [3.63, 3.8) is 0 Å². The number of aromatic nitrogens is 2. The molecular weight excluding hydrogens is 681 g/mol. The predicted octanol–water partition coefficient (Wildman–Crippen LogP) is 7.89. The van der Waals surface area contributed by atoms with E-state index in [1.54, 1.807) is 21.1 Å². The molecule has 2 unspecified atom stereocenters. The molecule has 4 aromatic rings. The highest BCUT2D eigenvalue weighted by Gasteiger charge is 2.55. The van der Waals surface area contributed by atoms with E-state index in [0.717, 1.165) is 105 Å². The second kappa shape index (κ2) is 12.5. The molecular formula is C41H43Cl2N5O3. The Morgan fingerprint density at radius 3 is 1.67 bits per heavy atom. The molecule has 3 aliphatic heterocycles. The zero-order valence-electron chi connectivity index (χ0n) is 29.6. The number of benzene rings is 2. The molecule has 2 aromatic heterocycles. The number of carbonyl (C=O) groups is 1. The first-order valence-corrected chi connectivity index (χ1v) is 18.9. The number of hydrogen-bond acceptors (Lipinski definition) is 7. The number of amides is 1. The average molecular weight is 725 g/mol. The van der Waals surface area contributed by atoms with Gasteiger partial charge in [0, 0.05) is 97.1 Å². The van der Waals surface area contributed by atoms with Gasteiger partial charge in [-0.1, -0.05) is 66.5 Å². The quantitative estimate of drug-likeness (QED) is 0.192. The zero-order valence-corrected chi connectivity index (χ0v) is 31.2. The van der Waals surface area contributed by atoms with E-state index in [0.29, 0.717) is 27.8 Å². The molecule has 3 saturated heterocycles. The summed E-state index contributed by atoms with van der Waals surface area (Å²) in [5.74, 6) is 2.27. The highest BCUT2D eigenvalue weighted by molar-refractivity contribution is 6.39. The zero-order chi connectivity index (χ0) is 35.2. The first-order chi connectivity index (χ1) is 24.7. The number of aryl methyl sites for hydroxylation is 2. The minimum atomic E-state index is 0.170. The number of ether oxygens (including phenoxy) is 2. The number of carbonyl (C=O) groups excluding carboxylic acids is 1. The van der Waals surface area contributed by atoms with E-state index in [1.807, 2.05) is 41.3 Å². The third kappa shape index (κ3) is 5.35. The fourth-order valence-electron chi connectivity index (χ4n) is 9.58. The summed E-state index contributed by atoms with van der Waals surface area (Å²) < 4.78 is 11.9. The molecule has 1 amide bonds. The molecule has 10 heteroatoms. The average Bonchev–Trinajstić information content (AvgIpc) is 3.69. The van der Waals surface area contributed by atoms with Crippen molar-refractivity contribution < 1.29 is 14.3 Å². The third-order valence-electron chi connectivity index (χ3n) is 12.0. The second-order valence-corrected chi connectivity index (χ2v) is 16.2. The maximum Gasteiger partial charge on any atom is 0.219 e. The number of rotatable bonds is 7. The lowest BCUT2D eigenvalue weighted by Crippen LogP contribution is -2.72. The smallest absolute Gasteiger partial charge is 0.219 e. The third-order valence-corrected chi connectivity index (χ3v) is 12.8. The van der Waals surface area contributed by atoms with Gasteiger partial charge in [-0.25, -0.2) is 9.97 Å². The van der Waals surface area contributed by atoms with Crippen molar-refractivity contribution in [1.29, 1.82) is 0 Å². The summed E-state index contributed by atoms with van der Waals surface area (Å²) in [6, 6.07) is 17.1. The van der Waals surface area contributed by atoms with Gasteiger partial charge < -0.3 is 14.4 Å². The van der Waals surface area contributed by atoms with Crippen LogP contribution in [0, 0.1) is 11.3 Å². The summed E-state index contributed by atoms with van der Waals surface area (Å²) in [4.78, 5) is 28.9. The van der Waals surface area contributed by atoms with Crippen LogP contribution in [0.25, 0.3) is 33.6 Å². The van der Waals surface area contributed by atoms with E-state index in [-0.39, 0.29) is 17.4 Å². The Kier molecular flexibility index (Phi) is 8.11. The summed E-state index contributed by atoms with van der Waals surface area (Å²) >= 11 is 14.5. The van der Waals surface area contributed by atoms with Gasteiger partial charge >= 0.3 is 0 Å². The summed E-state index contributed by atoms with van der Waals surface area (Å²) in [6.07, 6.45) is 4.06. The van der Waals surface area contributed by atoms with Crippen LogP contribution in [0.1, 0.15) is 61.0 Å². The minimum absolute atomic E-state index is 0.170. The van der Waals surface area contributed by atoms with Gasteiger partial charge in [0.25, 0.3) is 0 Å². The molecule has 0 N–H and O–H groups in total. The molecule has 1 spiro atoms. The van der Waals surface area contributed by atoms with E-state index in [1.165, 1.54) is 22.3 Å². The van der Waals surface area contributed by atoms with E-state index < -0.39 is 0 Å². The molecule has 3 fully saturated rings. The lowest BCUT2D eigenvalue weighted by atomic mass is 9.72. The molecule has 264 valence electrons. The molecule has 2 aliphatic carbocycles. The number of methoxy groups -OCH3 is 2. The van der Waals surface area contributed by atoms with Crippen molar-refractivity contribution >= 4 is 29.1 Å². The fourth-order valence-corrected chi connectivity index (χ4v) is 10.2. The largest absolute Gasteiger partial charge is 0.481 e. The summed E-state index contributed by atoms with van der Waals surface area (Å²) in [7, 11) is 3.41. The van der Waals surface area contributed by atoms with Gasteiger partial charge in [-0.3, -0.25) is 14.6 Å². The molecule has 0 bridgehead atoms. The van der Waals surface area contributed by atoms with Gasteiger partial charge in [-0.2, -0.15) is 0 Å². The number of hydrogen-bond donors (Lipinski definition) is 0. The Hall–Kier alpha value is -3.69. The fraction of sp³-hybridized carbons (Fsp3) is 0.439. The summed E-state index contributed by atoms with van der Waals surface area (Å²) in [6.45, 7) is 9.96. The van der Waals surface area contributed by atoms with Gasteiger partial charge in [-0.15, -0.1) is 0 Å². The van der Waals surface area contributed by atoms with Crippen LogP contribution in [0.5, 0.6) is 11.8 Å². The normalized spacial score (nSPS) is 22.3. The van der Waals surface area contributed by atoms with Crippen molar-refractivity contribution in [3.8, 4) is 45.4 Å². The van der Waals surface area contributed by atoms with Gasteiger partial charge in [0.2, 0.25) is 17.7 Å². The van der Waals surface area contributed by atoms with Gasteiger partial charge in [0.15, 0.2) is 0 Å². The molecule has 0 saturated carbocycles. The Bertz CT molecular complexity index is 2070. The van der Waals surface area contributed by atoms with E-state index >= 15 is 0 Å². The first-order valence-electron chi connectivity index (χ1n) is 18.1. The van der Waals surface area contributed by atoms with Crippen LogP contribution in [0.15, 0.2) is 48.5 Å². The Balaban J connectivity index is 1.01. The van der Waals surface area contributed by atoms with Crippen LogP contribution >= 0.6 is 23.2 Å². The topological polar surface area (TPSA) is 71.0 Å². The predicted molar refractivity (Wildman–Crippen MR) is 201 cm³/mol. The Morgan fingerprint density at radius 2 is 1.22 bits per heavy atom. The number of likely N-dealkylation sites (tertiary alicyclic amines) is 3. The van der Waals surface area contributed by atoms with Gasteiger partial charge in [0.1, 0.15) is 0 Å². The van der Waals surface area contributed by atoms with Crippen LogP contribution in [0.2, 0.25) is 10.0 Å². The Labute approximate surface area is 309 Å². The maximum atomic E-state index is 11.8. The van der Waals surface area contributed by atoms with Crippen LogP contribution in [-0.4, -0.2) is 84.1 Å². The molecule has 5 heterocycles. The van der Waals surface area contributed by atoms with Crippen molar-refractivity contribution in [1.82, 2.24) is 24.7 Å². The molecule has 8 nitrogen and oxygen atoms in total.